The number of hydrogen-bond donors (Lipinski definition) is 1. The van der Waals surface area contributed by atoms with Gasteiger partial charge in [-0.05, 0) is 37.3 Å². The Hall–Kier alpha value is -2.58. The van der Waals surface area contributed by atoms with Crippen molar-refractivity contribution < 1.29 is 19.2 Å². The molecular formula is C17H15ClN2O5S. The molecule has 0 heterocycles. The Morgan fingerprint density at radius 1 is 1.27 bits per heavy atom. The molecule has 1 N–H and O–H groups in total. The zero-order valence-corrected chi connectivity index (χ0v) is 15.3. The number of hydrogen-bond acceptors (Lipinski definition) is 6. The molecule has 0 radical (unpaired) electrons. The first-order valence-electron chi connectivity index (χ1n) is 7.48. The second kappa shape index (κ2) is 9.21. The first kappa shape index (κ1) is 19.7. The predicted molar refractivity (Wildman–Crippen MR) is 99.5 cm³/mol. The molecule has 0 aliphatic heterocycles. The highest BCUT2D eigenvalue weighted by molar-refractivity contribution is 8.00. The number of esters is 1. The van der Waals surface area contributed by atoms with Gasteiger partial charge in [0, 0.05) is 27.7 Å². The van der Waals surface area contributed by atoms with Gasteiger partial charge in [0.05, 0.1) is 4.92 Å². The number of rotatable bonds is 7. The molecule has 0 fully saturated rings. The lowest BCUT2D eigenvalue weighted by Gasteiger charge is -2.11. The maximum Gasteiger partial charge on any atom is 0.319 e. The molecule has 1 atom stereocenters. The van der Waals surface area contributed by atoms with Crippen molar-refractivity contribution in [1.29, 1.82) is 0 Å². The summed E-state index contributed by atoms with van der Waals surface area (Å²) in [4.78, 5) is 34.6. The zero-order chi connectivity index (χ0) is 19.1. The maximum atomic E-state index is 12.0. The third kappa shape index (κ3) is 6.05. The summed E-state index contributed by atoms with van der Waals surface area (Å²) in [5.74, 6) is -1.04. The molecule has 2 aromatic rings. The van der Waals surface area contributed by atoms with Gasteiger partial charge in [0.25, 0.3) is 11.6 Å². The number of carbonyl (C=O) groups is 2. The first-order valence-corrected chi connectivity index (χ1v) is 8.74. The molecule has 2 rings (SSSR count). The van der Waals surface area contributed by atoms with Crippen LogP contribution < -0.4 is 5.32 Å². The van der Waals surface area contributed by atoms with E-state index in [4.69, 9.17) is 16.3 Å². The summed E-state index contributed by atoms with van der Waals surface area (Å²) in [6, 6.07) is 12.4. The van der Waals surface area contributed by atoms with Gasteiger partial charge < -0.3 is 10.1 Å². The Kier molecular flexibility index (Phi) is 6.99. The monoisotopic (exact) mass is 394 g/mol. The van der Waals surface area contributed by atoms with Crippen LogP contribution in [0.15, 0.2) is 53.4 Å². The molecule has 0 aromatic heterocycles. The van der Waals surface area contributed by atoms with E-state index in [9.17, 15) is 19.7 Å². The lowest BCUT2D eigenvalue weighted by atomic mass is 10.3. The van der Waals surface area contributed by atoms with Crippen molar-refractivity contribution in [2.24, 2.45) is 0 Å². The minimum atomic E-state index is -0.574. The van der Waals surface area contributed by atoms with E-state index in [0.717, 1.165) is 0 Å². The Bertz CT molecular complexity index is 813. The number of nitro benzene ring substituents is 1. The lowest BCUT2D eigenvalue weighted by Crippen LogP contribution is -2.24. The second-order valence-corrected chi connectivity index (χ2v) is 7.03. The number of carbonyl (C=O) groups excluding carboxylic acids is 2. The minimum absolute atomic E-state index is 0.0257. The van der Waals surface area contributed by atoms with E-state index in [2.05, 4.69) is 5.32 Å². The SMILES string of the molecule is C[C@H](Sc1ccc([N+](=O)[O-])cc1)C(=O)OCC(=O)Nc1cccc(Cl)c1. The van der Waals surface area contributed by atoms with Crippen LogP contribution in [-0.2, 0) is 14.3 Å². The molecule has 0 spiro atoms. The number of thioether (sulfide) groups is 1. The van der Waals surface area contributed by atoms with Gasteiger partial charge in [-0.2, -0.15) is 0 Å². The van der Waals surface area contributed by atoms with Crippen LogP contribution in [0.25, 0.3) is 0 Å². The molecule has 0 saturated carbocycles. The number of amides is 1. The van der Waals surface area contributed by atoms with Gasteiger partial charge in [-0.1, -0.05) is 17.7 Å². The van der Waals surface area contributed by atoms with Crippen molar-refractivity contribution in [1.82, 2.24) is 0 Å². The van der Waals surface area contributed by atoms with Gasteiger partial charge in [-0.25, -0.2) is 0 Å². The maximum absolute atomic E-state index is 12.0. The van der Waals surface area contributed by atoms with E-state index >= 15 is 0 Å². The Morgan fingerprint density at radius 3 is 2.58 bits per heavy atom. The highest BCUT2D eigenvalue weighted by atomic mass is 35.5. The fraction of sp³-hybridized carbons (Fsp3) is 0.176. The van der Waals surface area contributed by atoms with Crippen LogP contribution in [0.2, 0.25) is 5.02 Å². The van der Waals surface area contributed by atoms with E-state index in [-0.39, 0.29) is 5.69 Å². The van der Waals surface area contributed by atoms with Gasteiger partial charge in [0.1, 0.15) is 5.25 Å². The fourth-order valence-electron chi connectivity index (χ4n) is 1.92. The van der Waals surface area contributed by atoms with E-state index in [0.29, 0.717) is 15.6 Å². The minimum Gasteiger partial charge on any atom is -0.455 e. The van der Waals surface area contributed by atoms with Crippen LogP contribution in [0.5, 0.6) is 0 Å². The number of halogens is 1. The van der Waals surface area contributed by atoms with Gasteiger partial charge >= 0.3 is 5.97 Å². The van der Waals surface area contributed by atoms with Crippen molar-refractivity contribution in [3.05, 3.63) is 63.7 Å². The highest BCUT2D eigenvalue weighted by Gasteiger charge is 2.18. The van der Waals surface area contributed by atoms with E-state index in [1.54, 1.807) is 43.3 Å². The number of nitrogens with zero attached hydrogens (tertiary/aromatic N) is 1. The highest BCUT2D eigenvalue weighted by Crippen LogP contribution is 2.26. The molecule has 1 amide bonds. The molecule has 136 valence electrons. The molecule has 0 aliphatic rings. The first-order chi connectivity index (χ1) is 12.3. The van der Waals surface area contributed by atoms with Crippen molar-refractivity contribution in [3.8, 4) is 0 Å². The molecule has 0 saturated heterocycles. The van der Waals surface area contributed by atoms with Crippen molar-refractivity contribution >= 4 is 46.6 Å². The largest absolute Gasteiger partial charge is 0.455 e. The number of nitrogens with one attached hydrogen (secondary N) is 1. The molecular weight excluding hydrogens is 380 g/mol. The summed E-state index contributed by atoms with van der Waals surface area (Å²) >= 11 is 7.01. The van der Waals surface area contributed by atoms with Crippen LogP contribution in [0, 0.1) is 10.1 Å². The van der Waals surface area contributed by atoms with Gasteiger partial charge in [-0.3, -0.25) is 19.7 Å². The van der Waals surface area contributed by atoms with E-state index in [1.807, 2.05) is 0 Å². The van der Waals surface area contributed by atoms with E-state index < -0.39 is 28.7 Å². The van der Waals surface area contributed by atoms with Crippen LogP contribution in [0.1, 0.15) is 6.92 Å². The van der Waals surface area contributed by atoms with Crippen molar-refractivity contribution in [3.63, 3.8) is 0 Å². The quantitative estimate of drug-likeness (QED) is 0.331. The molecule has 2 aromatic carbocycles. The summed E-state index contributed by atoms with van der Waals surface area (Å²) in [6.07, 6.45) is 0. The van der Waals surface area contributed by atoms with Crippen LogP contribution >= 0.6 is 23.4 Å². The Morgan fingerprint density at radius 2 is 1.96 bits per heavy atom. The molecule has 0 unspecified atom stereocenters. The average molecular weight is 395 g/mol. The fourth-order valence-corrected chi connectivity index (χ4v) is 2.97. The number of non-ortho nitro benzene ring substituents is 1. The number of benzene rings is 2. The third-order valence-corrected chi connectivity index (χ3v) is 4.47. The summed E-state index contributed by atoms with van der Waals surface area (Å²) < 4.78 is 4.99. The van der Waals surface area contributed by atoms with Crippen molar-refractivity contribution in [2.75, 3.05) is 11.9 Å². The Labute approximate surface area is 158 Å². The third-order valence-electron chi connectivity index (χ3n) is 3.15. The molecule has 9 heteroatoms. The summed E-state index contributed by atoms with van der Waals surface area (Å²) in [6.45, 7) is 1.21. The van der Waals surface area contributed by atoms with Crippen molar-refractivity contribution in [2.45, 2.75) is 17.1 Å². The zero-order valence-electron chi connectivity index (χ0n) is 13.7. The number of ether oxygens (including phenoxy) is 1. The smallest absolute Gasteiger partial charge is 0.319 e. The summed E-state index contributed by atoms with van der Waals surface area (Å²) in [5, 5.41) is 13.1. The molecule has 7 nitrogen and oxygen atoms in total. The molecule has 26 heavy (non-hydrogen) atoms. The van der Waals surface area contributed by atoms with Gasteiger partial charge in [-0.15, -0.1) is 11.8 Å². The lowest BCUT2D eigenvalue weighted by molar-refractivity contribution is -0.384. The van der Waals surface area contributed by atoms with Crippen LogP contribution in [0.3, 0.4) is 0 Å². The molecule has 0 bridgehead atoms. The second-order valence-electron chi connectivity index (χ2n) is 5.18. The normalized spacial score (nSPS) is 11.5. The van der Waals surface area contributed by atoms with Gasteiger partial charge in [0.15, 0.2) is 6.61 Å². The van der Waals surface area contributed by atoms with E-state index in [1.165, 1.54) is 23.9 Å². The Balaban J connectivity index is 1.81. The number of nitro groups is 1. The number of anilines is 1. The predicted octanol–water partition coefficient (Wildman–Crippen LogP) is 3.91. The van der Waals surface area contributed by atoms with Crippen LogP contribution in [-0.4, -0.2) is 28.7 Å². The standard InChI is InChI=1S/C17H15ClN2O5S/c1-11(26-15-7-5-14(6-8-15)20(23)24)17(22)25-10-16(21)19-13-4-2-3-12(18)9-13/h2-9,11H,10H2,1H3,(H,19,21)/t11-/m0/s1. The topological polar surface area (TPSA) is 98.5 Å². The van der Waals surface area contributed by atoms with Gasteiger partial charge in [0.2, 0.25) is 0 Å². The molecule has 0 aliphatic carbocycles. The summed E-state index contributed by atoms with van der Waals surface area (Å²) in [5.41, 5.74) is 0.481. The summed E-state index contributed by atoms with van der Waals surface area (Å²) in [7, 11) is 0. The average Bonchev–Trinajstić information content (AvgIpc) is 2.60. The van der Waals surface area contributed by atoms with Crippen LogP contribution in [0.4, 0.5) is 11.4 Å².